The molecule has 1 heterocycles. The molecule has 3 aromatic rings. The number of phenolic OH excluding ortho intramolecular Hbond substituents is 2. The van der Waals surface area contributed by atoms with Gasteiger partial charge in [-0.3, -0.25) is 9.59 Å². The molecule has 202 valence electrons. The highest BCUT2D eigenvalue weighted by atomic mass is 35.5. The Kier molecular flexibility index (Phi) is 17.9. The second-order valence-corrected chi connectivity index (χ2v) is 6.12. The summed E-state index contributed by atoms with van der Waals surface area (Å²) in [6.07, 6.45) is -0.607. The predicted molar refractivity (Wildman–Crippen MR) is 130 cm³/mol. The Hall–Kier alpha value is -4.30. The summed E-state index contributed by atoms with van der Waals surface area (Å²) in [5, 5.41) is 36.0. The third kappa shape index (κ3) is 10.9. The number of ketones is 2. The molecular formula is C23H27ClN2O11. The van der Waals surface area contributed by atoms with Crippen LogP contribution in [-0.4, -0.2) is 70.5 Å². The van der Waals surface area contributed by atoms with Crippen molar-refractivity contribution in [1.82, 2.24) is 5.16 Å². The van der Waals surface area contributed by atoms with Gasteiger partial charge in [0.05, 0.1) is 31.8 Å². The van der Waals surface area contributed by atoms with Gasteiger partial charge in [0, 0.05) is 13.2 Å². The lowest BCUT2D eigenvalue weighted by Crippen LogP contribution is -2.19. The maximum absolute atomic E-state index is 11.5. The number of Topliss-reactive ketones (excluding diaryl/α,β-unsaturated/α-hetero) is 2. The van der Waals surface area contributed by atoms with Crippen molar-refractivity contribution in [3.8, 4) is 22.8 Å². The molecule has 0 atom stereocenters. The third-order valence-electron chi connectivity index (χ3n) is 4.01. The Balaban J connectivity index is 0. The zero-order valence-corrected chi connectivity index (χ0v) is 20.8. The van der Waals surface area contributed by atoms with Crippen LogP contribution in [-0.2, 0) is 19.1 Å². The Morgan fingerprint density at radius 3 is 1.95 bits per heavy atom. The molecule has 6 N–H and O–H groups in total. The average molecular weight is 543 g/mol. The van der Waals surface area contributed by atoms with Crippen molar-refractivity contribution in [3.63, 3.8) is 0 Å². The molecule has 0 aliphatic rings. The van der Waals surface area contributed by atoms with E-state index in [9.17, 15) is 29.4 Å². The van der Waals surface area contributed by atoms with E-state index < -0.39 is 29.9 Å². The first-order valence-corrected chi connectivity index (χ1v) is 9.74. The Morgan fingerprint density at radius 1 is 0.892 bits per heavy atom. The molecular weight excluding hydrogens is 516 g/mol. The van der Waals surface area contributed by atoms with E-state index in [-0.39, 0.29) is 35.2 Å². The topological polar surface area (TPSA) is 220 Å². The van der Waals surface area contributed by atoms with Crippen LogP contribution in [0.1, 0.15) is 27.3 Å². The number of nitrogens with two attached hydrogens (primary N) is 1. The number of hydrogen-bond acceptors (Lipinski definition) is 13. The number of methoxy groups -OCH3 is 2. The van der Waals surface area contributed by atoms with E-state index in [0.29, 0.717) is 11.3 Å². The number of halogens is 1. The van der Waals surface area contributed by atoms with E-state index in [4.69, 9.17) is 14.8 Å². The fraction of sp³-hybridized carbons (Fsp3) is 0.174. The van der Waals surface area contributed by atoms with Crippen molar-refractivity contribution >= 4 is 35.9 Å². The van der Waals surface area contributed by atoms with Crippen LogP contribution >= 0.6 is 12.4 Å². The zero-order valence-electron chi connectivity index (χ0n) is 20.0. The van der Waals surface area contributed by atoms with E-state index in [1.54, 1.807) is 30.3 Å². The van der Waals surface area contributed by atoms with Gasteiger partial charge in [-0.25, -0.2) is 15.5 Å². The third-order valence-corrected chi connectivity index (χ3v) is 4.01. The summed E-state index contributed by atoms with van der Waals surface area (Å²) >= 11 is 0. The summed E-state index contributed by atoms with van der Waals surface area (Å²) in [5.74, 6) is 0.470. The van der Waals surface area contributed by atoms with Crippen LogP contribution in [0.3, 0.4) is 0 Å². The van der Waals surface area contributed by atoms with Gasteiger partial charge in [-0.05, 0) is 24.3 Å². The number of rotatable bonds is 6. The van der Waals surface area contributed by atoms with E-state index in [0.717, 1.165) is 14.2 Å². The first kappa shape index (κ1) is 34.9. The maximum atomic E-state index is 11.5. The van der Waals surface area contributed by atoms with Gasteiger partial charge in [-0.1, -0.05) is 29.4 Å². The van der Waals surface area contributed by atoms with Crippen LogP contribution < -0.4 is 5.90 Å². The number of carbonyl (C=O) groups excluding carboxylic acids is 4. The Morgan fingerprint density at radius 2 is 1.43 bits per heavy atom. The Bertz CT molecular complexity index is 1150. The molecule has 2 aromatic carbocycles. The molecule has 0 fully saturated rings. The average Bonchev–Trinajstić information content (AvgIpc) is 3.41. The predicted octanol–water partition coefficient (Wildman–Crippen LogP) is 1.91. The quantitative estimate of drug-likeness (QED) is 0.0988. The Labute approximate surface area is 217 Å². The minimum Gasteiger partial charge on any atom is -0.507 e. The number of aromatic nitrogens is 1. The fourth-order valence-corrected chi connectivity index (χ4v) is 2.42. The number of ether oxygens (including phenoxy) is 2. The number of esters is 2. The molecule has 1 aromatic heterocycles. The minimum atomic E-state index is -1.07. The molecule has 13 nitrogen and oxygen atoms in total. The van der Waals surface area contributed by atoms with Gasteiger partial charge in [-0.2, -0.15) is 0 Å². The van der Waals surface area contributed by atoms with Gasteiger partial charge in [0.15, 0.2) is 17.2 Å². The lowest BCUT2D eigenvalue weighted by Gasteiger charge is -2.01. The molecule has 37 heavy (non-hydrogen) atoms. The lowest BCUT2D eigenvalue weighted by atomic mass is 10.1. The number of para-hydroxylation sites is 2. The van der Waals surface area contributed by atoms with Gasteiger partial charge in [0.2, 0.25) is 5.78 Å². The minimum absolute atomic E-state index is 0. The number of nitrogens with zero attached hydrogens (tertiary/aromatic N) is 1. The van der Waals surface area contributed by atoms with Crippen LogP contribution in [0.4, 0.5) is 0 Å². The van der Waals surface area contributed by atoms with Gasteiger partial charge in [0.25, 0.3) is 0 Å². The van der Waals surface area contributed by atoms with Gasteiger partial charge >= 0.3 is 11.9 Å². The van der Waals surface area contributed by atoms with E-state index in [1.807, 2.05) is 0 Å². The molecule has 0 unspecified atom stereocenters. The number of carbonyl (C=O) groups is 4. The van der Waals surface area contributed by atoms with Crippen molar-refractivity contribution in [1.29, 1.82) is 0 Å². The van der Waals surface area contributed by atoms with E-state index >= 15 is 0 Å². The molecule has 0 saturated carbocycles. The molecule has 0 saturated heterocycles. The highest BCUT2D eigenvalue weighted by molar-refractivity contribution is 6.38. The van der Waals surface area contributed by atoms with Crippen LogP contribution in [0.5, 0.6) is 11.5 Å². The molecule has 3 rings (SSSR count). The number of benzene rings is 2. The molecule has 0 aliphatic heterocycles. The monoisotopic (exact) mass is 542 g/mol. The molecule has 0 bridgehead atoms. The maximum Gasteiger partial charge on any atom is 0.374 e. The summed E-state index contributed by atoms with van der Waals surface area (Å²) in [4.78, 5) is 44.5. The van der Waals surface area contributed by atoms with E-state index in [1.165, 1.54) is 31.4 Å². The second-order valence-electron chi connectivity index (χ2n) is 6.12. The highest BCUT2D eigenvalue weighted by Gasteiger charge is 2.20. The first-order valence-electron chi connectivity index (χ1n) is 9.74. The summed E-state index contributed by atoms with van der Waals surface area (Å²) in [6, 6.07) is 13.8. The molecule has 14 heteroatoms. The van der Waals surface area contributed by atoms with E-state index in [2.05, 4.69) is 20.5 Å². The van der Waals surface area contributed by atoms with Crippen molar-refractivity contribution < 1.29 is 53.7 Å². The normalized spacial score (nSPS) is 8.81. The van der Waals surface area contributed by atoms with Crippen molar-refractivity contribution in [2.45, 2.75) is 6.42 Å². The number of aliphatic hydroxyl groups is 1. The SMILES string of the molecule is CO.COC(=O)C(=O)CC(=O)c1ccccc1O.COC(=O)c1cc(-c2ccccc2O)on1.Cl.NO. The van der Waals surface area contributed by atoms with Gasteiger partial charge in [-0.15, -0.1) is 12.4 Å². The number of aromatic hydroxyl groups is 2. The summed E-state index contributed by atoms with van der Waals surface area (Å²) in [5.41, 5.74) is 0.561. The zero-order chi connectivity index (χ0) is 27.7. The van der Waals surface area contributed by atoms with Crippen LogP contribution in [0.2, 0.25) is 0 Å². The number of hydrogen-bond donors (Lipinski definition) is 5. The van der Waals surface area contributed by atoms with Crippen molar-refractivity contribution in [3.05, 3.63) is 65.9 Å². The lowest BCUT2D eigenvalue weighted by molar-refractivity contribution is -0.151. The summed E-state index contributed by atoms with van der Waals surface area (Å²) in [6.45, 7) is 0. The standard InChI is InChI=1S/C11H9NO4.C11H10O5.CH4O.ClH.H3NO/c1-15-11(14)8-6-10(16-12-8)7-4-2-3-5-9(7)13;1-16-11(15)10(14)6-9(13)7-4-2-3-5-8(7)12;1-2;;1-2/h2-6,13H,1H3;2-5,12H,6H2,1H3;2H,1H3;1H;2H,1H2. The largest absolute Gasteiger partial charge is 0.507 e. The molecule has 0 aliphatic carbocycles. The van der Waals surface area contributed by atoms with Crippen LogP contribution in [0.15, 0.2) is 59.1 Å². The molecule has 0 spiro atoms. The van der Waals surface area contributed by atoms with Crippen LogP contribution in [0, 0.1) is 0 Å². The number of phenols is 2. The number of aliphatic hydroxyl groups excluding tert-OH is 1. The van der Waals surface area contributed by atoms with Gasteiger partial charge in [0.1, 0.15) is 11.5 Å². The summed E-state index contributed by atoms with van der Waals surface area (Å²) < 4.78 is 13.6. The molecule has 0 amide bonds. The van der Waals surface area contributed by atoms with Crippen molar-refractivity contribution in [2.24, 2.45) is 5.90 Å². The van der Waals surface area contributed by atoms with Crippen LogP contribution in [0.25, 0.3) is 11.3 Å². The fourth-order valence-electron chi connectivity index (χ4n) is 2.42. The smallest absolute Gasteiger partial charge is 0.374 e. The second kappa shape index (κ2) is 19.0. The molecule has 0 radical (unpaired) electrons. The highest BCUT2D eigenvalue weighted by Crippen LogP contribution is 2.29. The van der Waals surface area contributed by atoms with Crippen molar-refractivity contribution in [2.75, 3.05) is 21.3 Å². The summed E-state index contributed by atoms with van der Waals surface area (Å²) in [7, 11) is 3.32. The van der Waals surface area contributed by atoms with Gasteiger partial charge < -0.3 is 34.5 Å². The first-order chi connectivity index (χ1) is 17.3.